The van der Waals surface area contributed by atoms with Crippen molar-refractivity contribution >= 4 is 50.7 Å². The van der Waals surface area contributed by atoms with E-state index in [1.807, 2.05) is 12.1 Å². The van der Waals surface area contributed by atoms with Gasteiger partial charge in [-0.2, -0.15) is 0 Å². The molecule has 0 aliphatic heterocycles. The molecule has 0 spiro atoms. The van der Waals surface area contributed by atoms with E-state index in [2.05, 4.69) is 0 Å². The van der Waals surface area contributed by atoms with Gasteiger partial charge in [-0.3, -0.25) is 14.2 Å². The molecule has 134 valence electrons. The van der Waals surface area contributed by atoms with Crippen LogP contribution in [0.4, 0.5) is 0 Å². The number of rotatable bonds is 4. The molecule has 4 nitrogen and oxygen atoms in total. The molecule has 7 heteroatoms. The maximum Gasteiger partial charge on any atom is 0.267 e. The second kappa shape index (κ2) is 7.18. The summed E-state index contributed by atoms with van der Waals surface area (Å²) in [5.41, 5.74) is 1.83. The summed E-state index contributed by atoms with van der Waals surface area (Å²) in [7, 11) is 0. The fraction of sp³-hybridized carbons (Fsp3) is 0.316. The number of thiophene rings is 1. The minimum Gasteiger partial charge on any atom is -0.299 e. The number of benzene rings is 1. The van der Waals surface area contributed by atoms with Crippen molar-refractivity contribution in [3.63, 3.8) is 0 Å². The summed E-state index contributed by atoms with van der Waals surface area (Å²) < 4.78 is 1.62. The van der Waals surface area contributed by atoms with Gasteiger partial charge in [0, 0.05) is 9.90 Å². The van der Waals surface area contributed by atoms with Gasteiger partial charge in [-0.15, -0.1) is 11.3 Å². The standard InChI is InChI=1S/C19H17ClN2O2S2/c1-11(23)10-25-19-21-17-16(14-4-2-3-5-15(14)26-17)18(24)22(19)13-8-6-12(20)7-9-13/h6-9H,2-5,10H2,1H3. The number of hydrogen-bond acceptors (Lipinski definition) is 5. The maximum absolute atomic E-state index is 13.4. The van der Waals surface area contributed by atoms with E-state index in [-0.39, 0.29) is 17.1 Å². The fourth-order valence-electron chi connectivity index (χ4n) is 3.27. The minimum atomic E-state index is -0.0530. The van der Waals surface area contributed by atoms with Crippen molar-refractivity contribution in [1.29, 1.82) is 0 Å². The predicted octanol–water partition coefficient (Wildman–Crippen LogP) is 4.66. The highest BCUT2D eigenvalue weighted by atomic mass is 35.5. The number of aromatic nitrogens is 2. The number of aryl methyl sites for hydroxylation is 2. The summed E-state index contributed by atoms with van der Waals surface area (Å²) in [4.78, 5) is 31.7. The Morgan fingerprint density at radius 2 is 2.00 bits per heavy atom. The van der Waals surface area contributed by atoms with Crippen LogP contribution in [0.15, 0.2) is 34.2 Å². The van der Waals surface area contributed by atoms with Crippen molar-refractivity contribution in [3.8, 4) is 5.69 Å². The summed E-state index contributed by atoms with van der Waals surface area (Å²) in [6.07, 6.45) is 4.23. The van der Waals surface area contributed by atoms with Gasteiger partial charge in [0.2, 0.25) is 0 Å². The lowest BCUT2D eigenvalue weighted by molar-refractivity contribution is -0.114. The Labute approximate surface area is 164 Å². The van der Waals surface area contributed by atoms with Gasteiger partial charge in [-0.05, 0) is 62.4 Å². The number of carbonyl (C=O) groups is 1. The van der Waals surface area contributed by atoms with Crippen molar-refractivity contribution in [2.45, 2.75) is 37.8 Å². The van der Waals surface area contributed by atoms with Gasteiger partial charge in [-0.25, -0.2) is 4.98 Å². The van der Waals surface area contributed by atoms with E-state index in [1.54, 1.807) is 35.0 Å². The van der Waals surface area contributed by atoms with E-state index in [4.69, 9.17) is 16.6 Å². The van der Waals surface area contributed by atoms with Crippen molar-refractivity contribution in [2.75, 3.05) is 5.75 Å². The average Bonchev–Trinajstić information content (AvgIpc) is 2.99. The third kappa shape index (κ3) is 3.21. The third-order valence-corrected chi connectivity index (χ3v) is 6.97. The number of nitrogens with zero attached hydrogens (tertiary/aromatic N) is 2. The van der Waals surface area contributed by atoms with Crippen LogP contribution < -0.4 is 5.56 Å². The van der Waals surface area contributed by atoms with Gasteiger partial charge in [-0.1, -0.05) is 23.4 Å². The predicted molar refractivity (Wildman–Crippen MR) is 108 cm³/mol. The molecule has 0 fully saturated rings. The molecule has 1 aliphatic rings. The molecule has 1 aliphatic carbocycles. The largest absolute Gasteiger partial charge is 0.299 e. The number of thioether (sulfide) groups is 1. The zero-order valence-electron chi connectivity index (χ0n) is 14.3. The quantitative estimate of drug-likeness (QED) is 0.468. The highest BCUT2D eigenvalue weighted by Gasteiger charge is 2.23. The molecule has 0 N–H and O–H groups in total. The van der Waals surface area contributed by atoms with Gasteiger partial charge >= 0.3 is 0 Å². The zero-order chi connectivity index (χ0) is 18.3. The lowest BCUT2D eigenvalue weighted by Crippen LogP contribution is -2.22. The second-order valence-electron chi connectivity index (χ2n) is 6.39. The van der Waals surface area contributed by atoms with Crippen LogP contribution in [-0.4, -0.2) is 21.1 Å². The molecule has 2 heterocycles. The van der Waals surface area contributed by atoms with Crippen LogP contribution in [0.25, 0.3) is 15.9 Å². The Kier molecular flexibility index (Phi) is 4.90. The van der Waals surface area contributed by atoms with E-state index in [1.165, 1.54) is 22.2 Å². The topological polar surface area (TPSA) is 52.0 Å². The first-order valence-corrected chi connectivity index (χ1v) is 10.7. The zero-order valence-corrected chi connectivity index (χ0v) is 16.6. The minimum absolute atomic E-state index is 0.0530. The van der Waals surface area contributed by atoms with Gasteiger partial charge < -0.3 is 0 Å². The van der Waals surface area contributed by atoms with Crippen LogP contribution in [0.2, 0.25) is 5.02 Å². The van der Waals surface area contributed by atoms with E-state index >= 15 is 0 Å². The van der Waals surface area contributed by atoms with E-state index in [9.17, 15) is 9.59 Å². The Balaban J connectivity index is 1.97. The fourth-order valence-corrected chi connectivity index (χ4v) is 5.51. The van der Waals surface area contributed by atoms with Crippen molar-refractivity contribution in [3.05, 3.63) is 50.1 Å². The van der Waals surface area contributed by atoms with Crippen molar-refractivity contribution in [1.82, 2.24) is 9.55 Å². The molecule has 0 amide bonds. The molecule has 2 aromatic heterocycles. The number of fused-ring (bicyclic) bond motifs is 3. The Morgan fingerprint density at radius 3 is 2.73 bits per heavy atom. The highest BCUT2D eigenvalue weighted by molar-refractivity contribution is 7.99. The molecule has 0 unspecified atom stereocenters. The lowest BCUT2D eigenvalue weighted by Gasteiger charge is -2.13. The molecular formula is C19H17ClN2O2S2. The van der Waals surface area contributed by atoms with Crippen molar-refractivity contribution < 1.29 is 4.79 Å². The maximum atomic E-state index is 13.4. The van der Waals surface area contributed by atoms with Crippen molar-refractivity contribution in [2.24, 2.45) is 0 Å². The number of hydrogen-bond donors (Lipinski definition) is 0. The number of Topliss-reactive ketones (excluding diaryl/α,β-unsaturated/α-hetero) is 1. The third-order valence-electron chi connectivity index (χ3n) is 4.45. The molecule has 0 saturated heterocycles. The molecular weight excluding hydrogens is 388 g/mol. The van der Waals surface area contributed by atoms with E-state index in [0.29, 0.717) is 10.2 Å². The van der Waals surface area contributed by atoms with Gasteiger partial charge in [0.15, 0.2) is 5.16 Å². The first kappa shape index (κ1) is 17.8. The lowest BCUT2D eigenvalue weighted by atomic mass is 9.97. The molecule has 0 bridgehead atoms. The smallest absolute Gasteiger partial charge is 0.267 e. The molecule has 0 saturated carbocycles. The summed E-state index contributed by atoms with van der Waals surface area (Å²) >= 11 is 8.93. The molecule has 1 aromatic carbocycles. The number of ketones is 1. The second-order valence-corrected chi connectivity index (χ2v) is 8.86. The van der Waals surface area contributed by atoms with Crippen LogP contribution in [0.3, 0.4) is 0 Å². The summed E-state index contributed by atoms with van der Waals surface area (Å²) in [6.45, 7) is 1.54. The summed E-state index contributed by atoms with van der Waals surface area (Å²) in [6, 6.07) is 7.15. The highest BCUT2D eigenvalue weighted by Crippen LogP contribution is 2.35. The Bertz CT molecular complexity index is 1050. The first-order valence-electron chi connectivity index (χ1n) is 8.50. The summed E-state index contributed by atoms with van der Waals surface area (Å²) in [5, 5.41) is 1.91. The first-order chi connectivity index (χ1) is 12.5. The van der Waals surface area contributed by atoms with Crippen LogP contribution in [0, 0.1) is 0 Å². The van der Waals surface area contributed by atoms with Gasteiger partial charge in [0.25, 0.3) is 5.56 Å². The van der Waals surface area contributed by atoms with E-state index < -0.39 is 0 Å². The SMILES string of the molecule is CC(=O)CSc1nc2sc3c(c2c(=O)n1-c1ccc(Cl)cc1)CCCC3. The molecule has 26 heavy (non-hydrogen) atoms. The van der Waals surface area contributed by atoms with Crippen LogP contribution >= 0.6 is 34.7 Å². The molecule has 3 aromatic rings. The summed E-state index contributed by atoms with van der Waals surface area (Å²) in [5.74, 6) is 0.342. The van der Waals surface area contributed by atoms with Gasteiger partial charge in [0.05, 0.1) is 16.8 Å². The molecule has 0 radical (unpaired) electrons. The molecule has 4 rings (SSSR count). The monoisotopic (exact) mass is 404 g/mol. The normalized spacial score (nSPS) is 13.8. The Hall–Kier alpha value is -1.63. The van der Waals surface area contributed by atoms with Crippen LogP contribution in [-0.2, 0) is 17.6 Å². The number of carbonyl (C=O) groups excluding carboxylic acids is 1. The Morgan fingerprint density at radius 1 is 1.27 bits per heavy atom. The van der Waals surface area contributed by atoms with Gasteiger partial charge in [0.1, 0.15) is 10.6 Å². The van der Waals surface area contributed by atoms with Crippen LogP contribution in [0.5, 0.6) is 0 Å². The van der Waals surface area contributed by atoms with E-state index in [0.717, 1.165) is 41.6 Å². The molecule has 0 atom stereocenters. The number of halogens is 1. The average molecular weight is 405 g/mol. The van der Waals surface area contributed by atoms with Crippen LogP contribution in [0.1, 0.15) is 30.2 Å².